The van der Waals surface area contributed by atoms with Crippen LogP contribution in [-0.4, -0.2) is 16.5 Å². The molecule has 0 bridgehead atoms. The second-order valence-electron chi connectivity index (χ2n) is 4.22. The summed E-state index contributed by atoms with van der Waals surface area (Å²) >= 11 is 0. The zero-order valence-electron chi connectivity index (χ0n) is 11.3. The number of benzene rings is 1. The molecule has 6 nitrogen and oxygen atoms in total. The Kier molecular flexibility index (Phi) is 4.14. The Hall–Kier alpha value is -2.63. The first-order valence-corrected chi connectivity index (χ1v) is 6.24. The number of aryl methyl sites for hydroxylation is 1. The number of nitro groups is 1. The highest BCUT2D eigenvalue weighted by molar-refractivity contribution is 5.50. The molecule has 0 amide bonds. The second kappa shape index (κ2) is 6.01. The third kappa shape index (κ3) is 3.23. The van der Waals surface area contributed by atoms with Gasteiger partial charge in [0.15, 0.2) is 0 Å². The molecular formula is C14H15N3O3. The molecule has 104 valence electrons. The monoisotopic (exact) mass is 273 g/mol. The lowest BCUT2D eigenvalue weighted by Gasteiger charge is -2.08. The van der Waals surface area contributed by atoms with Crippen molar-refractivity contribution in [2.75, 3.05) is 11.9 Å². The van der Waals surface area contributed by atoms with Crippen LogP contribution in [0.1, 0.15) is 12.5 Å². The molecule has 0 atom stereocenters. The fraction of sp³-hybridized carbons (Fsp3) is 0.214. The molecule has 0 saturated heterocycles. The van der Waals surface area contributed by atoms with Crippen molar-refractivity contribution in [3.63, 3.8) is 0 Å². The van der Waals surface area contributed by atoms with Crippen LogP contribution < -0.4 is 10.1 Å². The van der Waals surface area contributed by atoms with Crippen LogP contribution in [0.25, 0.3) is 0 Å². The van der Waals surface area contributed by atoms with Gasteiger partial charge in [0.1, 0.15) is 11.6 Å². The predicted octanol–water partition coefficient (Wildman–Crippen LogP) is 3.52. The van der Waals surface area contributed by atoms with Gasteiger partial charge in [-0.1, -0.05) is 17.7 Å². The zero-order chi connectivity index (χ0) is 14.5. The maximum Gasteiger partial charge on any atom is 0.331 e. The lowest BCUT2D eigenvalue weighted by Crippen LogP contribution is -2.02. The van der Waals surface area contributed by atoms with Crippen LogP contribution in [-0.2, 0) is 0 Å². The van der Waals surface area contributed by atoms with E-state index in [1.54, 1.807) is 18.2 Å². The number of hydrogen-bond acceptors (Lipinski definition) is 5. The summed E-state index contributed by atoms with van der Waals surface area (Å²) < 4.78 is 5.52. The zero-order valence-corrected chi connectivity index (χ0v) is 11.3. The van der Waals surface area contributed by atoms with E-state index in [1.807, 2.05) is 26.0 Å². The third-order valence-electron chi connectivity index (χ3n) is 2.63. The van der Waals surface area contributed by atoms with Gasteiger partial charge in [-0.05, 0) is 32.0 Å². The van der Waals surface area contributed by atoms with Gasteiger partial charge in [0.25, 0.3) is 0 Å². The fourth-order valence-corrected chi connectivity index (χ4v) is 1.64. The average molecular weight is 273 g/mol. The van der Waals surface area contributed by atoms with Crippen molar-refractivity contribution < 1.29 is 9.66 Å². The smallest absolute Gasteiger partial charge is 0.331 e. The summed E-state index contributed by atoms with van der Waals surface area (Å²) in [5.74, 6) is 1.04. The third-order valence-corrected chi connectivity index (χ3v) is 2.63. The molecule has 2 aromatic rings. The van der Waals surface area contributed by atoms with Gasteiger partial charge >= 0.3 is 11.6 Å². The molecule has 0 fully saturated rings. The largest absolute Gasteiger partial charge is 0.434 e. The summed E-state index contributed by atoms with van der Waals surface area (Å²) in [5, 5.41) is 14.0. The Balaban J connectivity index is 2.34. The molecule has 1 aromatic carbocycles. The van der Waals surface area contributed by atoms with Crippen LogP contribution in [0.2, 0.25) is 0 Å². The molecule has 0 radical (unpaired) electrons. The maximum atomic E-state index is 11.0. The number of nitrogens with one attached hydrogen (secondary N) is 1. The molecule has 6 heteroatoms. The maximum absolute atomic E-state index is 11.0. The van der Waals surface area contributed by atoms with E-state index in [0.29, 0.717) is 18.1 Å². The Bertz CT molecular complexity index is 612. The first kappa shape index (κ1) is 13.8. The predicted molar refractivity (Wildman–Crippen MR) is 76.3 cm³/mol. The minimum Gasteiger partial charge on any atom is -0.434 e. The van der Waals surface area contributed by atoms with Crippen LogP contribution in [0, 0.1) is 17.0 Å². The van der Waals surface area contributed by atoms with Crippen molar-refractivity contribution in [2.45, 2.75) is 13.8 Å². The van der Waals surface area contributed by atoms with Crippen LogP contribution >= 0.6 is 0 Å². The molecule has 20 heavy (non-hydrogen) atoms. The summed E-state index contributed by atoms with van der Waals surface area (Å²) in [6.07, 6.45) is 0. The van der Waals surface area contributed by atoms with Gasteiger partial charge in [0, 0.05) is 12.6 Å². The minimum absolute atomic E-state index is 0.0164. The van der Waals surface area contributed by atoms with E-state index in [9.17, 15) is 10.1 Å². The standard InChI is InChI=1S/C14H15N3O3/c1-3-15-13-9-8-12(17(18)19)14(16-13)20-11-6-4-10(2)5-7-11/h4-9H,3H2,1-2H3,(H,15,16). The molecule has 0 aliphatic rings. The van der Waals surface area contributed by atoms with Gasteiger partial charge in [-0.3, -0.25) is 10.1 Å². The van der Waals surface area contributed by atoms with E-state index >= 15 is 0 Å². The number of anilines is 1. The normalized spacial score (nSPS) is 10.1. The summed E-state index contributed by atoms with van der Waals surface area (Å²) in [4.78, 5) is 14.6. The molecule has 0 saturated carbocycles. The molecular weight excluding hydrogens is 258 g/mol. The lowest BCUT2D eigenvalue weighted by molar-refractivity contribution is -0.386. The molecule has 0 aliphatic heterocycles. The fourth-order valence-electron chi connectivity index (χ4n) is 1.64. The highest BCUT2D eigenvalue weighted by atomic mass is 16.6. The van der Waals surface area contributed by atoms with Crippen molar-refractivity contribution in [2.24, 2.45) is 0 Å². The summed E-state index contributed by atoms with van der Waals surface area (Å²) in [6, 6.07) is 10.2. The molecule has 2 rings (SSSR count). The van der Waals surface area contributed by atoms with E-state index < -0.39 is 4.92 Å². The SMILES string of the molecule is CCNc1ccc([N+](=O)[O-])c(Oc2ccc(C)cc2)n1. The molecule has 0 aliphatic carbocycles. The van der Waals surface area contributed by atoms with Crippen molar-refractivity contribution in [3.05, 3.63) is 52.1 Å². The topological polar surface area (TPSA) is 77.3 Å². The van der Waals surface area contributed by atoms with E-state index in [4.69, 9.17) is 4.74 Å². The van der Waals surface area contributed by atoms with Gasteiger partial charge in [-0.15, -0.1) is 0 Å². The Labute approximate surface area is 116 Å². The first-order chi connectivity index (χ1) is 9.60. The van der Waals surface area contributed by atoms with E-state index in [-0.39, 0.29) is 11.6 Å². The highest BCUT2D eigenvalue weighted by Crippen LogP contribution is 2.30. The van der Waals surface area contributed by atoms with Crippen molar-refractivity contribution >= 4 is 11.5 Å². The molecule has 1 N–H and O–H groups in total. The summed E-state index contributed by atoms with van der Waals surface area (Å²) in [7, 11) is 0. The molecule has 0 spiro atoms. The van der Waals surface area contributed by atoms with Crippen molar-refractivity contribution in [3.8, 4) is 11.6 Å². The van der Waals surface area contributed by atoms with Gasteiger partial charge in [0.05, 0.1) is 4.92 Å². The van der Waals surface area contributed by atoms with Crippen molar-refractivity contribution in [1.29, 1.82) is 0 Å². The van der Waals surface area contributed by atoms with Crippen LogP contribution in [0.5, 0.6) is 11.6 Å². The van der Waals surface area contributed by atoms with Gasteiger partial charge in [-0.25, -0.2) is 0 Å². The second-order valence-corrected chi connectivity index (χ2v) is 4.22. The Morgan fingerprint density at radius 3 is 2.55 bits per heavy atom. The summed E-state index contributed by atoms with van der Waals surface area (Å²) in [5.41, 5.74) is 0.924. The van der Waals surface area contributed by atoms with Crippen molar-refractivity contribution in [1.82, 2.24) is 4.98 Å². The van der Waals surface area contributed by atoms with Gasteiger partial charge in [-0.2, -0.15) is 4.98 Å². The number of nitrogens with zero attached hydrogens (tertiary/aromatic N) is 2. The minimum atomic E-state index is -0.508. The quantitative estimate of drug-likeness (QED) is 0.666. The Morgan fingerprint density at radius 2 is 1.95 bits per heavy atom. The van der Waals surface area contributed by atoms with Crippen LogP contribution in [0.4, 0.5) is 11.5 Å². The van der Waals surface area contributed by atoms with E-state index in [0.717, 1.165) is 5.56 Å². The lowest BCUT2D eigenvalue weighted by atomic mass is 10.2. The van der Waals surface area contributed by atoms with Gasteiger partial charge < -0.3 is 10.1 Å². The summed E-state index contributed by atoms with van der Waals surface area (Å²) in [6.45, 7) is 4.55. The van der Waals surface area contributed by atoms with E-state index in [2.05, 4.69) is 10.3 Å². The first-order valence-electron chi connectivity index (χ1n) is 6.24. The van der Waals surface area contributed by atoms with Gasteiger partial charge in [0.2, 0.25) is 0 Å². The molecule has 0 unspecified atom stereocenters. The number of hydrogen-bond donors (Lipinski definition) is 1. The van der Waals surface area contributed by atoms with Crippen LogP contribution in [0.3, 0.4) is 0 Å². The highest BCUT2D eigenvalue weighted by Gasteiger charge is 2.18. The number of aromatic nitrogens is 1. The number of rotatable bonds is 5. The Morgan fingerprint density at radius 1 is 1.25 bits per heavy atom. The van der Waals surface area contributed by atoms with Crippen LogP contribution in [0.15, 0.2) is 36.4 Å². The van der Waals surface area contributed by atoms with E-state index in [1.165, 1.54) is 6.07 Å². The number of ether oxygens (including phenoxy) is 1. The average Bonchev–Trinajstić information content (AvgIpc) is 2.42. The number of pyridine rings is 1. The molecule has 1 heterocycles. The molecule has 1 aromatic heterocycles.